The van der Waals surface area contributed by atoms with Crippen molar-refractivity contribution in [3.63, 3.8) is 0 Å². The Morgan fingerprint density at radius 2 is 1.72 bits per heavy atom. The molecule has 1 saturated heterocycles. The van der Waals surface area contributed by atoms with Crippen LogP contribution in [0.5, 0.6) is 0 Å². The SMILES string of the molecule is CC1(C)CN(c2nnc(C3CC3)s2)CC(C)(C)O1. The number of hydrogen-bond donors (Lipinski definition) is 0. The van der Waals surface area contributed by atoms with Crippen LogP contribution < -0.4 is 4.90 Å². The largest absolute Gasteiger partial charge is 0.366 e. The molecule has 0 amide bonds. The van der Waals surface area contributed by atoms with Crippen LogP contribution in [0.1, 0.15) is 51.5 Å². The van der Waals surface area contributed by atoms with E-state index in [0.717, 1.165) is 18.2 Å². The fourth-order valence-electron chi connectivity index (χ4n) is 2.77. The summed E-state index contributed by atoms with van der Waals surface area (Å²) in [6, 6.07) is 0. The molecule has 0 unspecified atom stereocenters. The molecule has 0 atom stereocenters. The zero-order valence-corrected chi connectivity index (χ0v) is 12.4. The predicted octanol–water partition coefficient (Wildman–Crippen LogP) is 2.81. The van der Waals surface area contributed by atoms with E-state index in [0.29, 0.717) is 5.92 Å². The van der Waals surface area contributed by atoms with Gasteiger partial charge < -0.3 is 9.64 Å². The van der Waals surface area contributed by atoms with Gasteiger partial charge in [-0.15, -0.1) is 10.2 Å². The molecule has 2 fully saturated rings. The second-order valence-electron chi connectivity index (χ2n) is 6.67. The summed E-state index contributed by atoms with van der Waals surface area (Å²) in [5, 5.41) is 11.0. The van der Waals surface area contributed by atoms with Crippen molar-refractivity contribution in [2.75, 3.05) is 18.0 Å². The second-order valence-corrected chi connectivity index (χ2v) is 7.66. The Hall–Kier alpha value is -0.680. The van der Waals surface area contributed by atoms with Gasteiger partial charge in [0.2, 0.25) is 5.13 Å². The van der Waals surface area contributed by atoms with Gasteiger partial charge in [0.1, 0.15) is 5.01 Å². The van der Waals surface area contributed by atoms with Crippen molar-refractivity contribution in [2.45, 2.75) is 57.7 Å². The van der Waals surface area contributed by atoms with Crippen LogP contribution in [0, 0.1) is 0 Å². The molecular formula is C13H21N3OS. The smallest absolute Gasteiger partial charge is 0.208 e. The quantitative estimate of drug-likeness (QED) is 0.826. The number of nitrogens with zero attached hydrogens (tertiary/aromatic N) is 3. The van der Waals surface area contributed by atoms with E-state index in [1.165, 1.54) is 17.8 Å². The molecular weight excluding hydrogens is 246 g/mol. The van der Waals surface area contributed by atoms with Gasteiger partial charge in [-0.25, -0.2) is 0 Å². The van der Waals surface area contributed by atoms with E-state index in [1.54, 1.807) is 11.3 Å². The second kappa shape index (κ2) is 3.90. The minimum Gasteiger partial charge on any atom is -0.366 e. The maximum absolute atomic E-state index is 6.09. The highest BCUT2D eigenvalue weighted by molar-refractivity contribution is 7.15. The summed E-state index contributed by atoms with van der Waals surface area (Å²) in [5.41, 5.74) is -0.264. The topological polar surface area (TPSA) is 38.2 Å². The molecule has 0 N–H and O–H groups in total. The van der Waals surface area contributed by atoms with Gasteiger partial charge >= 0.3 is 0 Å². The number of hydrogen-bond acceptors (Lipinski definition) is 5. The van der Waals surface area contributed by atoms with Crippen molar-refractivity contribution < 1.29 is 4.74 Å². The summed E-state index contributed by atoms with van der Waals surface area (Å²) in [4.78, 5) is 2.33. The van der Waals surface area contributed by atoms with Crippen molar-refractivity contribution in [3.05, 3.63) is 5.01 Å². The van der Waals surface area contributed by atoms with Gasteiger partial charge in [-0.05, 0) is 40.5 Å². The average molecular weight is 267 g/mol. The molecule has 3 rings (SSSR count). The van der Waals surface area contributed by atoms with E-state index in [9.17, 15) is 0 Å². The third-order valence-corrected chi connectivity index (χ3v) is 4.47. The van der Waals surface area contributed by atoms with Gasteiger partial charge in [-0.1, -0.05) is 11.3 Å². The Morgan fingerprint density at radius 1 is 1.11 bits per heavy atom. The zero-order valence-electron chi connectivity index (χ0n) is 11.6. The Bertz CT molecular complexity index is 435. The van der Waals surface area contributed by atoms with Crippen LogP contribution in [-0.4, -0.2) is 34.5 Å². The minimum atomic E-state index is -0.132. The molecule has 1 aromatic rings. The van der Waals surface area contributed by atoms with Crippen molar-refractivity contribution in [1.82, 2.24) is 10.2 Å². The molecule has 2 aliphatic rings. The molecule has 0 radical (unpaired) electrons. The zero-order chi connectivity index (χ0) is 13.0. The molecule has 0 spiro atoms. The fraction of sp³-hybridized carbons (Fsp3) is 0.846. The summed E-state index contributed by atoms with van der Waals surface area (Å²) < 4.78 is 6.09. The van der Waals surface area contributed by atoms with E-state index in [2.05, 4.69) is 42.8 Å². The van der Waals surface area contributed by atoms with Gasteiger partial charge in [0, 0.05) is 19.0 Å². The van der Waals surface area contributed by atoms with E-state index >= 15 is 0 Å². The van der Waals surface area contributed by atoms with Gasteiger partial charge in [0.05, 0.1) is 11.2 Å². The number of anilines is 1. The third-order valence-electron chi connectivity index (χ3n) is 3.32. The summed E-state index contributed by atoms with van der Waals surface area (Å²) in [6.07, 6.45) is 2.57. The highest BCUT2D eigenvalue weighted by Crippen LogP contribution is 2.43. The molecule has 0 aromatic carbocycles. The minimum absolute atomic E-state index is 0.132. The molecule has 0 bridgehead atoms. The lowest BCUT2D eigenvalue weighted by Gasteiger charge is -2.46. The molecule has 2 heterocycles. The van der Waals surface area contributed by atoms with Gasteiger partial charge in [0.15, 0.2) is 0 Å². The van der Waals surface area contributed by atoms with Crippen LogP contribution in [0.3, 0.4) is 0 Å². The Morgan fingerprint density at radius 3 is 2.28 bits per heavy atom. The van der Waals surface area contributed by atoms with Crippen molar-refractivity contribution >= 4 is 16.5 Å². The van der Waals surface area contributed by atoms with E-state index < -0.39 is 0 Å². The number of ether oxygens (including phenoxy) is 1. The Balaban J connectivity index is 1.81. The van der Waals surface area contributed by atoms with Crippen LogP contribution in [-0.2, 0) is 4.74 Å². The standard InChI is InChI=1S/C13H21N3OS/c1-12(2)7-16(8-13(3,4)17-12)11-15-14-10(18-11)9-5-6-9/h9H,5-8H2,1-4H3. The molecule has 4 nitrogen and oxygen atoms in total. The molecule has 1 aliphatic carbocycles. The normalized spacial score (nSPS) is 26.3. The number of rotatable bonds is 2. The maximum Gasteiger partial charge on any atom is 0.208 e. The summed E-state index contributed by atoms with van der Waals surface area (Å²) >= 11 is 1.76. The average Bonchev–Trinajstić information content (AvgIpc) is 2.92. The first-order valence-electron chi connectivity index (χ1n) is 6.63. The number of aromatic nitrogens is 2. The summed E-state index contributed by atoms with van der Waals surface area (Å²) in [7, 11) is 0. The Labute approximate surface area is 112 Å². The predicted molar refractivity (Wildman–Crippen MR) is 73.3 cm³/mol. The van der Waals surface area contributed by atoms with Gasteiger partial charge in [-0.3, -0.25) is 0 Å². The molecule has 18 heavy (non-hydrogen) atoms. The molecule has 1 aromatic heterocycles. The fourth-order valence-corrected chi connectivity index (χ4v) is 3.78. The van der Waals surface area contributed by atoms with Gasteiger partial charge in [0.25, 0.3) is 0 Å². The summed E-state index contributed by atoms with van der Waals surface area (Å²) in [6.45, 7) is 10.3. The first-order chi connectivity index (χ1) is 8.35. The number of morpholine rings is 1. The van der Waals surface area contributed by atoms with Crippen molar-refractivity contribution in [2.24, 2.45) is 0 Å². The van der Waals surface area contributed by atoms with E-state index in [4.69, 9.17) is 4.74 Å². The van der Waals surface area contributed by atoms with Crippen LogP contribution in [0.4, 0.5) is 5.13 Å². The van der Waals surface area contributed by atoms with Crippen LogP contribution in [0.25, 0.3) is 0 Å². The highest BCUT2D eigenvalue weighted by atomic mass is 32.1. The van der Waals surface area contributed by atoms with Gasteiger partial charge in [-0.2, -0.15) is 0 Å². The maximum atomic E-state index is 6.09. The van der Waals surface area contributed by atoms with Crippen molar-refractivity contribution in [1.29, 1.82) is 0 Å². The monoisotopic (exact) mass is 267 g/mol. The van der Waals surface area contributed by atoms with E-state index in [-0.39, 0.29) is 11.2 Å². The highest BCUT2D eigenvalue weighted by Gasteiger charge is 2.39. The van der Waals surface area contributed by atoms with Crippen LogP contribution in [0.15, 0.2) is 0 Å². The Kier molecular flexibility index (Phi) is 2.68. The summed E-state index contributed by atoms with van der Waals surface area (Å²) in [5.74, 6) is 0.693. The van der Waals surface area contributed by atoms with Crippen molar-refractivity contribution in [3.8, 4) is 0 Å². The lowest BCUT2D eigenvalue weighted by atomic mass is 9.99. The molecule has 100 valence electrons. The van der Waals surface area contributed by atoms with Crippen LogP contribution >= 0.6 is 11.3 Å². The molecule has 1 saturated carbocycles. The third kappa shape index (κ3) is 2.52. The van der Waals surface area contributed by atoms with Crippen LogP contribution in [0.2, 0.25) is 0 Å². The van der Waals surface area contributed by atoms with E-state index in [1.807, 2.05) is 0 Å². The lowest BCUT2D eigenvalue weighted by Crippen LogP contribution is -2.57. The lowest BCUT2D eigenvalue weighted by molar-refractivity contribution is -0.133. The first-order valence-corrected chi connectivity index (χ1v) is 7.45. The molecule has 5 heteroatoms. The molecule has 1 aliphatic heterocycles. The first kappa shape index (κ1) is 12.4.